The van der Waals surface area contributed by atoms with Crippen LogP contribution in [0, 0.1) is 10.7 Å². The van der Waals surface area contributed by atoms with Crippen molar-refractivity contribution in [2.75, 3.05) is 0 Å². The smallest absolute Gasteiger partial charge is 0.207 e. The summed E-state index contributed by atoms with van der Waals surface area (Å²) < 4.78 is 5.20. The van der Waals surface area contributed by atoms with Gasteiger partial charge in [0.05, 0.1) is 5.39 Å². The Labute approximate surface area is 94.3 Å². The quantitative estimate of drug-likeness (QED) is 0.565. The summed E-state index contributed by atoms with van der Waals surface area (Å²) in [6.45, 7) is 0. The number of fused-ring (bicyclic) bond motifs is 1. The van der Waals surface area contributed by atoms with Crippen molar-refractivity contribution in [1.29, 1.82) is 5.26 Å². The van der Waals surface area contributed by atoms with Crippen molar-refractivity contribution in [3.8, 4) is 5.40 Å². The molecular weight excluding hydrogens is 234 g/mol. The molecule has 3 nitrogen and oxygen atoms in total. The standard InChI is InChI=1S/C10H4ClNO2S/c11-6-1-2-7-8(3-6)14-4-9(10(7)13)15-5-12/h1-4H. The third-order valence-corrected chi connectivity index (χ3v) is 2.69. The van der Waals surface area contributed by atoms with Crippen molar-refractivity contribution in [1.82, 2.24) is 0 Å². The molecule has 0 radical (unpaired) electrons. The molecule has 5 heteroatoms. The molecule has 0 unspecified atom stereocenters. The van der Waals surface area contributed by atoms with E-state index >= 15 is 0 Å². The molecule has 0 amide bonds. The summed E-state index contributed by atoms with van der Waals surface area (Å²) in [7, 11) is 0. The first-order valence-corrected chi connectivity index (χ1v) is 5.19. The van der Waals surface area contributed by atoms with Gasteiger partial charge in [-0.3, -0.25) is 4.79 Å². The Hall–Kier alpha value is -1.44. The maximum atomic E-state index is 11.8. The summed E-state index contributed by atoms with van der Waals surface area (Å²) >= 11 is 6.54. The normalized spacial score (nSPS) is 10.1. The van der Waals surface area contributed by atoms with E-state index in [4.69, 9.17) is 21.3 Å². The summed E-state index contributed by atoms with van der Waals surface area (Å²) in [4.78, 5) is 12.0. The highest BCUT2D eigenvalue weighted by Crippen LogP contribution is 2.20. The minimum absolute atomic E-state index is 0.209. The second-order valence-electron chi connectivity index (χ2n) is 2.76. The molecule has 0 bridgehead atoms. The first kappa shape index (κ1) is 10.1. The lowest BCUT2D eigenvalue weighted by Crippen LogP contribution is -2.02. The van der Waals surface area contributed by atoms with E-state index in [0.717, 1.165) is 11.8 Å². The Balaban J connectivity index is 2.76. The fourth-order valence-corrected chi connectivity index (χ4v) is 1.76. The molecule has 0 saturated carbocycles. The summed E-state index contributed by atoms with van der Waals surface area (Å²) in [5.41, 5.74) is 0.217. The predicted molar refractivity (Wildman–Crippen MR) is 59.0 cm³/mol. The van der Waals surface area contributed by atoms with Crippen LogP contribution in [0.4, 0.5) is 0 Å². The Bertz CT molecular complexity index is 615. The number of nitrogens with zero attached hydrogens (tertiary/aromatic N) is 1. The van der Waals surface area contributed by atoms with Crippen LogP contribution in [-0.2, 0) is 0 Å². The molecule has 0 spiro atoms. The lowest BCUT2D eigenvalue weighted by atomic mass is 10.2. The van der Waals surface area contributed by atoms with Crippen LogP contribution in [0.2, 0.25) is 5.02 Å². The fourth-order valence-electron chi connectivity index (χ4n) is 1.20. The molecular formula is C10H4ClNO2S. The number of thiocyanates is 1. The van der Waals surface area contributed by atoms with Gasteiger partial charge < -0.3 is 4.42 Å². The van der Waals surface area contributed by atoms with E-state index in [2.05, 4.69) is 0 Å². The van der Waals surface area contributed by atoms with Gasteiger partial charge in [-0.2, -0.15) is 5.26 Å². The lowest BCUT2D eigenvalue weighted by molar-refractivity contribution is 0.587. The van der Waals surface area contributed by atoms with Crippen LogP contribution < -0.4 is 5.43 Å². The number of thioether (sulfide) groups is 1. The molecule has 0 aliphatic carbocycles. The summed E-state index contributed by atoms with van der Waals surface area (Å²) in [5, 5.41) is 11.2. The highest BCUT2D eigenvalue weighted by molar-refractivity contribution is 8.03. The van der Waals surface area contributed by atoms with Crippen LogP contribution in [0.15, 0.2) is 38.6 Å². The predicted octanol–water partition coefficient (Wildman–Crippen LogP) is 3.02. The summed E-state index contributed by atoms with van der Waals surface area (Å²) in [6.07, 6.45) is 1.27. The first-order valence-electron chi connectivity index (χ1n) is 3.99. The molecule has 1 aromatic heterocycles. The minimum Gasteiger partial charge on any atom is -0.463 e. The zero-order chi connectivity index (χ0) is 10.8. The van der Waals surface area contributed by atoms with Crippen molar-refractivity contribution in [3.63, 3.8) is 0 Å². The number of rotatable bonds is 1. The van der Waals surface area contributed by atoms with E-state index < -0.39 is 0 Å². The number of nitriles is 1. The van der Waals surface area contributed by atoms with Gasteiger partial charge in [-0.05, 0) is 23.9 Å². The summed E-state index contributed by atoms with van der Waals surface area (Å²) in [5.74, 6) is 0. The van der Waals surface area contributed by atoms with Crippen molar-refractivity contribution in [2.45, 2.75) is 4.90 Å². The summed E-state index contributed by atoms with van der Waals surface area (Å²) in [6, 6.07) is 4.77. The van der Waals surface area contributed by atoms with Crippen LogP contribution in [0.5, 0.6) is 0 Å². The van der Waals surface area contributed by atoms with E-state index in [1.165, 1.54) is 6.26 Å². The van der Waals surface area contributed by atoms with Crippen molar-refractivity contribution in [3.05, 3.63) is 39.7 Å². The molecule has 15 heavy (non-hydrogen) atoms. The number of hydrogen-bond acceptors (Lipinski definition) is 4. The largest absolute Gasteiger partial charge is 0.463 e. The zero-order valence-electron chi connectivity index (χ0n) is 7.36. The lowest BCUT2D eigenvalue weighted by Gasteiger charge is -1.98. The van der Waals surface area contributed by atoms with Crippen molar-refractivity contribution < 1.29 is 4.42 Å². The minimum atomic E-state index is -0.209. The molecule has 1 heterocycles. The van der Waals surface area contributed by atoms with Crippen LogP contribution in [-0.4, -0.2) is 0 Å². The second-order valence-corrected chi connectivity index (χ2v) is 4.03. The Morgan fingerprint density at radius 3 is 3.00 bits per heavy atom. The third-order valence-electron chi connectivity index (χ3n) is 1.86. The topological polar surface area (TPSA) is 54.0 Å². The molecule has 0 aliphatic rings. The van der Waals surface area contributed by atoms with E-state index in [0.29, 0.717) is 16.0 Å². The van der Waals surface area contributed by atoms with Gasteiger partial charge in [0.2, 0.25) is 5.43 Å². The van der Waals surface area contributed by atoms with E-state index in [9.17, 15) is 4.79 Å². The SMILES string of the molecule is N#CSc1coc2cc(Cl)ccc2c1=O. The van der Waals surface area contributed by atoms with Gasteiger partial charge in [-0.1, -0.05) is 11.6 Å². The second kappa shape index (κ2) is 3.97. The van der Waals surface area contributed by atoms with Crippen molar-refractivity contribution in [2.24, 2.45) is 0 Å². The van der Waals surface area contributed by atoms with Gasteiger partial charge >= 0.3 is 0 Å². The van der Waals surface area contributed by atoms with Gasteiger partial charge in [-0.25, -0.2) is 0 Å². The number of hydrogen-bond donors (Lipinski definition) is 0. The number of halogens is 1. The average molecular weight is 238 g/mol. The molecule has 2 aromatic rings. The van der Waals surface area contributed by atoms with Crippen LogP contribution >= 0.6 is 23.4 Å². The fraction of sp³-hybridized carbons (Fsp3) is 0. The van der Waals surface area contributed by atoms with E-state index in [1.54, 1.807) is 18.2 Å². The first-order chi connectivity index (χ1) is 7.22. The Morgan fingerprint density at radius 2 is 2.27 bits per heavy atom. The van der Waals surface area contributed by atoms with Crippen LogP contribution in [0.1, 0.15) is 0 Å². The van der Waals surface area contributed by atoms with E-state index in [1.807, 2.05) is 5.40 Å². The maximum Gasteiger partial charge on any atom is 0.207 e. The molecule has 2 rings (SSSR count). The van der Waals surface area contributed by atoms with Crippen LogP contribution in [0.3, 0.4) is 0 Å². The zero-order valence-corrected chi connectivity index (χ0v) is 8.93. The molecule has 74 valence electrons. The molecule has 0 atom stereocenters. The Kier molecular flexibility index (Phi) is 2.67. The van der Waals surface area contributed by atoms with Gasteiger partial charge in [-0.15, -0.1) is 0 Å². The third kappa shape index (κ3) is 1.84. The van der Waals surface area contributed by atoms with Gasteiger partial charge in [0, 0.05) is 11.1 Å². The highest BCUT2D eigenvalue weighted by Gasteiger charge is 2.07. The molecule has 0 aliphatic heterocycles. The maximum absolute atomic E-state index is 11.8. The molecule has 0 fully saturated rings. The average Bonchev–Trinajstić information content (AvgIpc) is 2.22. The molecule has 0 N–H and O–H groups in total. The van der Waals surface area contributed by atoms with Gasteiger partial charge in [0.25, 0.3) is 0 Å². The van der Waals surface area contributed by atoms with Gasteiger partial charge in [0.1, 0.15) is 22.1 Å². The number of benzene rings is 1. The van der Waals surface area contributed by atoms with E-state index in [-0.39, 0.29) is 10.3 Å². The monoisotopic (exact) mass is 237 g/mol. The highest BCUT2D eigenvalue weighted by atomic mass is 35.5. The van der Waals surface area contributed by atoms with Gasteiger partial charge in [0.15, 0.2) is 0 Å². The Morgan fingerprint density at radius 1 is 1.47 bits per heavy atom. The molecule has 0 saturated heterocycles. The van der Waals surface area contributed by atoms with Crippen LogP contribution in [0.25, 0.3) is 11.0 Å². The van der Waals surface area contributed by atoms with Crippen molar-refractivity contribution >= 4 is 34.3 Å². The molecule has 1 aromatic carbocycles.